The Morgan fingerprint density at radius 3 is 2.68 bits per heavy atom. The maximum Gasteiger partial charge on any atom is 0.339 e. The molecule has 0 radical (unpaired) electrons. The first kappa shape index (κ1) is 22.1. The number of methoxy groups -OCH3 is 1. The van der Waals surface area contributed by atoms with Gasteiger partial charge in [-0.25, -0.2) is 4.79 Å². The standard InChI is InChI=1S/C22H19BrCl2N2O4/c1-11-17-16(6-5-15(24)18(17)25)26-19(11)20(28)27-22(7-8-31-10-22)12-3-4-13(14(23)9-12)21(29)30-2/h3-6,9,26H,7-8,10H2,1-2H3,(H,27,28). The first-order chi connectivity index (χ1) is 14.8. The van der Waals surface area contributed by atoms with Gasteiger partial charge >= 0.3 is 5.97 Å². The van der Waals surface area contributed by atoms with E-state index in [0.29, 0.717) is 45.4 Å². The zero-order valence-electron chi connectivity index (χ0n) is 16.8. The number of H-pyrrole nitrogens is 1. The molecule has 0 aliphatic carbocycles. The third kappa shape index (κ3) is 3.84. The molecule has 4 rings (SSSR count). The summed E-state index contributed by atoms with van der Waals surface area (Å²) >= 11 is 15.9. The lowest BCUT2D eigenvalue weighted by atomic mass is 9.88. The average molecular weight is 526 g/mol. The lowest BCUT2D eigenvalue weighted by molar-refractivity contribution is 0.0599. The quantitative estimate of drug-likeness (QED) is 0.448. The summed E-state index contributed by atoms with van der Waals surface area (Å²) in [6.45, 7) is 2.65. The Balaban J connectivity index is 1.71. The number of rotatable bonds is 4. The van der Waals surface area contributed by atoms with Crippen molar-refractivity contribution in [1.82, 2.24) is 10.3 Å². The highest BCUT2D eigenvalue weighted by Crippen LogP contribution is 2.36. The highest BCUT2D eigenvalue weighted by Gasteiger charge is 2.39. The van der Waals surface area contributed by atoms with Crippen molar-refractivity contribution < 1.29 is 19.1 Å². The van der Waals surface area contributed by atoms with Gasteiger partial charge in [0, 0.05) is 28.4 Å². The fourth-order valence-corrected chi connectivity index (χ4v) is 4.94. The van der Waals surface area contributed by atoms with Gasteiger partial charge in [-0.15, -0.1) is 0 Å². The number of hydrogen-bond acceptors (Lipinski definition) is 4. The molecule has 3 aromatic rings. The zero-order valence-corrected chi connectivity index (χ0v) is 19.9. The van der Waals surface area contributed by atoms with Crippen LogP contribution in [0.5, 0.6) is 0 Å². The van der Waals surface area contributed by atoms with E-state index < -0.39 is 11.5 Å². The molecule has 2 heterocycles. The number of fused-ring (bicyclic) bond motifs is 1. The summed E-state index contributed by atoms with van der Waals surface area (Å²) in [5, 5.41) is 4.71. The summed E-state index contributed by atoms with van der Waals surface area (Å²) in [5.41, 5.74) is 2.36. The second kappa shape index (κ2) is 8.47. The molecule has 1 aromatic heterocycles. The number of hydrogen-bond donors (Lipinski definition) is 2. The van der Waals surface area contributed by atoms with Crippen LogP contribution in [0.2, 0.25) is 10.0 Å². The Kier molecular flexibility index (Phi) is 6.05. The maximum absolute atomic E-state index is 13.3. The van der Waals surface area contributed by atoms with Crippen molar-refractivity contribution in [2.45, 2.75) is 18.9 Å². The number of aromatic nitrogens is 1. The van der Waals surface area contributed by atoms with Gasteiger partial charge in [-0.1, -0.05) is 29.3 Å². The number of nitrogens with one attached hydrogen (secondary N) is 2. The topological polar surface area (TPSA) is 80.4 Å². The Hall–Kier alpha value is -2.06. The zero-order chi connectivity index (χ0) is 22.3. The lowest BCUT2D eigenvalue weighted by Crippen LogP contribution is -2.46. The normalized spacial score (nSPS) is 18.4. The Morgan fingerprint density at radius 1 is 1.26 bits per heavy atom. The smallest absolute Gasteiger partial charge is 0.339 e. The molecule has 162 valence electrons. The van der Waals surface area contributed by atoms with Crippen LogP contribution in [0, 0.1) is 6.92 Å². The molecule has 1 unspecified atom stereocenters. The molecular formula is C22H19BrCl2N2O4. The van der Waals surface area contributed by atoms with Crippen molar-refractivity contribution in [3.05, 3.63) is 67.2 Å². The first-order valence-corrected chi connectivity index (χ1v) is 11.1. The number of carbonyl (C=O) groups excluding carboxylic acids is 2. The van der Waals surface area contributed by atoms with Gasteiger partial charge in [-0.05, 0) is 58.2 Å². The second-order valence-electron chi connectivity index (χ2n) is 7.43. The predicted molar refractivity (Wildman–Crippen MR) is 123 cm³/mol. The van der Waals surface area contributed by atoms with E-state index in [-0.39, 0.29) is 5.91 Å². The summed E-state index contributed by atoms with van der Waals surface area (Å²) in [6, 6.07) is 8.78. The fraction of sp³-hybridized carbons (Fsp3) is 0.273. The maximum atomic E-state index is 13.3. The van der Waals surface area contributed by atoms with Gasteiger partial charge in [-0.2, -0.15) is 0 Å². The molecule has 6 nitrogen and oxygen atoms in total. The SMILES string of the molecule is COC(=O)c1ccc(C2(NC(=O)c3[nH]c4ccc(Cl)c(Cl)c4c3C)CCOC2)cc1Br. The average Bonchev–Trinajstić information content (AvgIpc) is 3.35. The molecule has 1 fully saturated rings. The first-order valence-electron chi connectivity index (χ1n) is 9.52. The number of amides is 1. The van der Waals surface area contributed by atoms with Crippen LogP contribution in [0.4, 0.5) is 0 Å². The van der Waals surface area contributed by atoms with Crippen LogP contribution >= 0.6 is 39.1 Å². The van der Waals surface area contributed by atoms with Crippen LogP contribution < -0.4 is 5.32 Å². The van der Waals surface area contributed by atoms with E-state index in [2.05, 4.69) is 26.2 Å². The van der Waals surface area contributed by atoms with Crippen LogP contribution in [-0.2, 0) is 15.0 Å². The molecule has 1 aliphatic rings. The van der Waals surface area contributed by atoms with Gasteiger partial charge in [0.2, 0.25) is 0 Å². The van der Waals surface area contributed by atoms with Crippen molar-refractivity contribution in [1.29, 1.82) is 0 Å². The van der Waals surface area contributed by atoms with Crippen LogP contribution in [-0.4, -0.2) is 37.2 Å². The monoisotopic (exact) mass is 524 g/mol. The molecule has 0 bridgehead atoms. The summed E-state index contributed by atoms with van der Waals surface area (Å²) < 4.78 is 11.0. The van der Waals surface area contributed by atoms with Crippen molar-refractivity contribution in [3.8, 4) is 0 Å². The van der Waals surface area contributed by atoms with Crippen LogP contribution in [0.25, 0.3) is 10.9 Å². The molecule has 0 spiro atoms. The molecule has 1 amide bonds. The van der Waals surface area contributed by atoms with E-state index in [0.717, 1.165) is 22.0 Å². The number of aryl methyl sites for hydroxylation is 1. The number of halogens is 3. The minimum atomic E-state index is -0.737. The van der Waals surface area contributed by atoms with E-state index >= 15 is 0 Å². The second-order valence-corrected chi connectivity index (χ2v) is 9.07. The Bertz CT molecular complexity index is 1200. The molecule has 2 aromatic carbocycles. The minimum Gasteiger partial charge on any atom is -0.465 e. The van der Waals surface area contributed by atoms with Crippen molar-refractivity contribution in [3.63, 3.8) is 0 Å². The number of benzene rings is 2. The Labute approximate surface area is 197 Å². The fourth-order valence-electron chi connectivity index (χ4n) is 3.93. The third-order valence-corrected chi connectivity index (χ3v) is 7.09. The van der Waals surface area contributed by atoms with Crippen molar-refractivity contribution in [2.75, 3.05) is 20.3 Å². The summed E-state index contributed by atoms with van der Waals surface area (Å²) in [4.78, 5) is 28.4. The highest BCUT2D eigenvalue weighted by atomic mass is 79.9. The Morgan fingerprint density at radius 2 is 2.03 bits per heavy atom. The molecule has 9 heteroatoms. The predicted octanol–water partition coefficient (Wildman–Crippen LogP) is 5.38. The molecule has 1 atom stereocenters. The highest BCUT2D eigenvalue weighted by molar-refractivity contribution is 9.10. The van der Waals surface area contributed by atoms with E-state index in [1.807, 2.05) is 13.0 Å². The summed E-state index contributed by atoms with van der Waals surface area (Å²) in [5.74, 6) is -0.719. The summed E-state index contributed by atoms with van der Waals surface area (Å²) in [7, 11) is 1.33. The van der Waals surface area contributed by atoms with Gasteiger partial charge in [-0.3, -0.25) is 4.79 Å². The van der Waals surface area contributed by atoms with Gasteiger partial charge in [0.05, 0.1) is 34.9 Å². The van der Waals surface area contributed by atoms with Crippen LogP contribution in [0.1, 0.15) is 38.4 Å². The van der Waals surface area contributed by atoms with Gasteiger partial charge in [0.15, 0.2) is 0 Å². The van der Waals surface area contributed by atoms with Crippen LogP contribution in [0.15, 0.2) is 34.8 Å². The number of aromatic amines is 1. The number of esters is 1. The molecule has 0 saturated carbocycles. The minimum absolute atomic E-state index is 0.278. The third-order valence-electron chi connectivity index (χ3n) is 5.63. The lowest BCUT2D eigenvalue weighted by Gasteiger charge is -2.30. The molecular weight excluding hydrogens is 507 g/mol. The van der Waals surface area contributed by atoms with Gasteiger partial charge in [0.25, 0.3) is 5.91 Å². The molecule has 1 aliphatic heterocycles. The number of ether oxygens (including phenoxy) is 2. The van der Waals surface area contributed by atoms with E-state index in [4.69, 9.17) is 32.7 Å². The largest absolute Gasteiger partial charge is 0.465 e. The van der Waals surface area contributed by atoms with E-state index in [9.17, 15) is 9.59 Å². The summed E-state index contributed by atoms with van der Waals surface area (Å²) in [6.07, 6.45) is 0.592. The molecule has 31 heavy (non-hydrogen) atoms. The molecule has 2 N–H and O–H groups in total. The van der Waals surface area contributed by atoms with E-state index in [1.54, 1.807) is 24.3 Å². The number of carbonyl (C=O) groups is 2. The van der Waals surface area contributed by atoms with Gasteiger partial charge < -0.3 is 19.8 Å². The van der Waals surface area contributed by atoms with E-state index in [1.165, 1.54) is 7.11 Å². The van der Waals surface area contributed by atoms with Crippen molar-refractivity contribution in [2.24, 2.45) is 0 Å². The van der Waals surface area contributed by atoms with Gasteiger partial charge in [0.1, 0.15) is 5.69 Å². The van der Waals surface area contributed by atoms with Crippen LogP contribution in [0.3, 0.4) is 0 Å². The van der Waals surface area contributed by atoms with Crippen molar-refractivity contribution >= 4 is 61.9 Å². The molecule has 1 saturated heterocycles.